The van der Waals surface area contributed by atoms with E-state index in [0.717, 1.165) is 10.7 Å². The van der Waals surface area contributed by atoms with Crippen LogP contribution in [0.1, 0.15) is 31.2 Å². The molecule has 1 aromatic carbocycles. The lowest BCUT2D eigenvalue weighted by Gasteiger charge is -2.17. The van der Waals surface area contributed by atoms with Gasteiger partial charge in [-0.05, 0) is 23.6 Å². The highest BCUT2D eigenvalue weighted by Gasteiger charge is 2.38. The summed E-state index contributed by atoms with van der Waals surface area (Å²) in [5, 5.41) is 3.37. The van der Waals surface area contributed by atoms with Crippen molar-refractivity contribution in [2.75, 3.05) is 19.0 Å². The molecule has 0 aliphatic carbocycles. The Kier molecular flexibility index (Phi) is 6.51. The van der Waals surface area contributed by atoms with Crippen molar-refractivity contribution < 1.29 is 30.8 Å². The van der Waals surface area contributed by atoms with Crippen LogP contribution < -0.4 is 4.90 Å². The monoisotopic (exact) mass is 432 g/mol. The van der Waals surface area contributed by atoms with Gasteiger partial charge < -0.3 is 4.90 Å². The normalized spacial score (nSPS) is 12.2. The van der Waals surface area contributed by atoms with Crippen LogP contribution >= 0.6 is 11.6 Å². The van der Waals surface area contributed by atoms with Gasteiger partial charge in [-0.25, -0.2) is 0 Å². The Morgan fingerprint density at radius 2 is 1.81 bits per heavy atom. The predicted octanol–water partition coefficient (Wildman–Crippen LogP) is 3.53. The topological polar surface area (TPSA) is 88.3 Å². The van der Waals surface area contributed by atoms with Gasteiger partial charge in [-0.15, -0.1) is 5.10 Å². The summed E-state index contributed by atoms with van der Waals surface area (Å²) in [6.45, 7) is 3.37. The molecule has 0 fully saturated rings. The standard InChI is InChI=1S/C14H16ClF3N4O3S.FH/c1-7(2)8-5-9(15)10(6-11(8)26(23,24)25)22-13(21(3)4)19-12(20-22)14(16,17)18;/h5-7H,1-4H3,(H,23,24,25);1H. The quantitative estimate of drug-likeness (QED) is 0.587. The van der Waals surface area contributed by atoms with Crippen LogP contribution in [-0.2, 0) is 16.3 Å². The van der Waals surface area contributed by atoms with Crippen molar-refractivity contribution in [1.82, 2.24) is 14.8 Å². The van der Waals surface area contributed by atoms with E-state index in [9.17, 15) is 26.1 Å². The summed E-state index contributed by atoms with van der Waals surface area (Å²) in [6.07, 6.45) is -4.80. The van der Waals surface area contributed by atoms with Crippen molar-refractivity contribution in [2.24, 2.45) is 0 Å². The fourth-order valence-electron chi connectivity index (χ4n) is 2.27. The van der Waals surface area contributed by atoms with Crippen molar-refractivity contribution in [3.05, 3.63) is 28.5 Å². The van der Waals surface area contributed by atoms with Crippen molar-refractivity contribution >= 4 is 27.7 Å². The Bertz CT molecular complexity index is 943. The highest BCUT2D eigenvalue weighted by molar-refractivity contribution is 7.85. The van der Waals surface area contributed by atoms with E-state index in [1.165, 1.54) is 25.1 Å². The van der Waals surface area contributed by atoms with E-state index in [4.69, 9.17) is 11.6 Å². The summed E-state index contributed by atoms with van der Waals surface area (Å²) in [7, 11) is -1.75. The third-order valence-corrected chi connectivity index (χ3v) is 4.66. The lowest BCUT2D eigenvalue weighted by molar-refractivity contribution is -0.144. The largest absolute Gasteiger partial charge is 0.453 e. The average molecular weight is 433 g/mol. The molecule has 0 amide bonds. The van der Waals surface area contributed by atoms with Crippen LogP contribution in [-0.4, -0.2) is 41.8 Å². The summed E-state index contributed by atoms with van der Waals surface area (Å²) in [5.74, 6) is -1.93. The minimum Gasteiger partial charge on any atom is -0.347 e. The Labute approximate surface area is 157 Å². The Hall–Kier alpha value is -1.92. The number of benzene rings is 1. The number of rotatable bonds is 4. The Morgan fingerprint density at radius 1 is 1.26 bits per heavy atom. The summed E-state index contributed by atoms with van der Waals surface area (Å²) >= 11 is 6.17. The first-order valence-electron chi connectivity index (χ1n) is 7.26. The van der Waals surface area contributed by atoms with Crippen LogP contribution in [0.25, 0.3) is 5.69 Å². The van der Waals surface area contributed by atoms with E-state index in [1.807, 2.05) is 0 Å². The van der Waals surface area contributed by atoms with E-state index in [-0.39, 0.29) is 32.8 Å². The molecule has 0 saturated carbocycles. The molecule has 0 radical (unpaired) electrons. The molecule has 152 valence electrons. The van der Waals surface area contributed by atoms with E-state index >= 15 is 0 Å². The average Bonchev–Trinajstić information content (AvgIpc) is 2.90. The van der Waals surface area contributed by atoms with Crippen LogP contribution in [0.4, 0.5) is 23.8 Å². The summed E-state index contributed by atoms with van der Waals surface area (Å²) in [4.78, 5) is 4.24. The SMILES string of the molecule is CC(C)c1cc(Cl)c(-n2nc(C(F)(F)F)nc2N(C)C)cc1S(=O)(=O)O.F. The van der Waals surface area contributed by atoms with Crippen LogP contribution in [0.5, 0.6) is 0 Å². The summed E-state index contributed by atoms with van der Waals surface area (Å²) in [5.41, 5.74) is 0.0687. The molecule has 27 heavy (non-hydrogen) atoms. The van der Waals surface area contributed by atoms with Crippen molar-refractivity contribution in [3.8, 4) is 5.69 Å². The first-order chi connectivity index (χ1) is 11.7. The van der Waals surface area contributed by atoms with Gasteiger partial charge in [-0.3, -0.25) is 9.26 Å². The highest BCUT2D eigenvalue weighted by atomic mass is 35.5. The number of hydrogen-bond acceptors (Lipinski definition) is 5. The molecule has 0 aliphatic rings. The second kappa shape index (κ2) is 7.60. The van der Waals surface area contributed by atoms with Gasteiger partial charge in [0.15, 0.2) is 0 Å². The van der Waals surface area contributed by atoms with Crippen LogP contribution in [0.15, 0.2) is 17.0 Å². The number of hydrogen-bond donors (Lipinski definition) is 1. The molecule has 1 heterocycles. The van der Waals surface area contributed by atoms with Crippen molar-refractivity contribution in [1.29, 1.82) is 0 Å². The molecule has 1 aromatic heterocycles. The second-order valence-electron chi connectivity index (χ2n) is 6.01. The van der Waals surface area contributed by atoms with Crippen molar-refractivity contribution in [3.63, 3.8) is 0 Å². The van der Waals surface area contributed by atoms with Crippen molar-refractivity contribution in [2.45, 2.75) is 30.8 Å². The van der Waals surface area contributed by atoms with Gasteiger partial charge >= 0.3 is 6.18 Å². The molecule has 2 aromatic rings. The number of alkyl halides is 3. The smallest absolute Gasteiger partial charge is 0.347 e. The van der Waals surface area contributed by atoms with Gasteiger partial charge in [-0.2, -0.15) is 31.3 Å². The molecule has 0 atom stereocenters. The number of halogens is 5. The van der Waals surface area contributed by atoms with E-state index in [1.54, 1.807) is 13.8 Å². The van der Waals surface area contributed by atoms with Crippen LogP contribution in [0, 0.1) is 0 Å². The minimum absolute atomic E-state index is 0. The predicted molar refractivity (Wildman–Crippen MR) is 92.1 cm³/mol. The minimum atomic E-state index is -4.80. The maximum absolute atomic E-state index is 13.0. The van der Waals surface area contributed by atoms with Crippen LogP contribution in [0.3, 0.4) is 0 Å². The van der Waals surface area contributed by atoms with Gasteiger partial charge in [0.05, 0.1) is 15.6 Å². The fourth-order valence-corrected chi connectivity index (χ4v) is 3.38. The fraction of sp³-hybridized carbons (Fsp3) is 0.429. The van der Waals surface area contributed by atoms with Gasteiger partial charge in [-0.1, -0.05) is 25.4 Å². The summed E-state index contributed by atoms with van der Waals surface area (Å²) < 4.78 is 72.6. The molecule has 0 aliphatic heterocycles. The molecule has 0 saturated heterocycles. The molecule has 13 heteroatoms. The number of nitrogens with zero attached hydrogens (tertiary/aromatic N) is 4. The second-order valence-corrected chi connectivity index (χ2v) is 7.81. The lowest BCUT2D eigenvalue weighted by atomic mass is 10.0. The highest BCUT2D eigenvalue weighted by Crippen LogP contribution is 2.35. The zero-order chi connectivity index (χ0) is 20.0. The first-order valence-corrected chi connectivity index (χ1v) is 9.08. The molecule has 2 rings (SSSR count). The molecular formula is C14H17ClF4N4O3S. The van der Waals surface area contributed by atoms with Gasteiger partial charge in [0.1, 0.15) is 0 Å². The Morgan fingerprint density at radius 3 is 2.22 bits per heavy atom. The third kappa shape index (κ3) is 4.68. The lowest BCUT2D eigenvalue weighted by Crippen LogP contribution is -2.16. The number of anilines is 1. The molecular weight excluding hydrogens is 416 g/mol. The maximum atomic E-state index is 13.0. The molecule has 1 N–H and O–H groups in total. The van der Waals surface area contributed by atoms with Gasteiger partial charge in [0.2, 0.25) is 5.95 Å². The summed E-state index contributed by atoms with van der Waals surface area (Å²) in [6, 6.07) is 2.26. The number of aromatic nitrogens is 3. The van der Waals surface area contributed by atoms with E-state index < -0.39 is 27.0 Å². The zero-order valence-electron chi connectivity index (χ0n) is 14.6. The Balaban J connectivity index is 0.00000364. The first kappa shape index (κ1) is 23.1. The van der Waals surface area contributed by atoms with E-state index in [0.29, 0.717) is 0 Å². The molecule has 0 spiro atoms. The maximum Gasteiger partial charge on any atom is 0.453 e. The molecule has 0 bridgehead atoms. The van der Waals surface area contributed by atoms with Crippen LogP contribution in [0.2, 0.25) is 5.02 Å². The molecule has 7 nitrogen and oxygen atoms in total. The van der Waals surface area contributed by atoms with Gasteiger partial charge in [0.25, 0.3) is 15.9 Å². The zero-order valence-corrected chi connectivity index (χ0v) is 16.2. The van der Waals surface area contributed by atoms with Gasteiger partial charge in [0, 0.05) is 14.1 Å². The third-order valence-electron chi connectivity index (χ3n) is 3.45. The molecule has 0 unspecified atom stereocenters. The van der Waals surface area contributed by atoms with E-state index in [2.05, 4.69) is 10.1 Å².